The van der Waals surface area contributed by atoms with Crippen LogP contribution < -0.4 is 31.8 Å². The molecule has 0 aliphatic rings. The summed E-state index contributed by atoms with van der Waals surface area (Å²) in [6, 6.07) is 59.3. The minimum Gasteiger partial charge on any atom is -0.310 e. The van der Waals surface area contributed by atoms with Gasteiger partial charge in [0.15, 0.2) is 0 Å². The van der Waals surface area contributed by atoms with Crippen LogP contribution in [-0.4, -0.2) is 25.5 Å². The summed E-state index contributed by atoms with van der Waals surface area (Å²) in [7, 11) is 2.96. The molecule has 0 aliphatic heterocycles. The molecular formula is C38H37FeNP2. The molecule has 0 N–H and O–H groups in total. The molecule has 6 aromatic rings. The van der Waals surface area contributed by atoms with Crippen molar-refractivity contribution in [3.63, 3.8) is 0 Å². The molecule has 1 nitrogen and oxygen atoms in total. The number of rotatable bonds is 9. The van der Waals surface area contributed by atoms with Gasteiger partial charge in [-0.05, 0) is 49.8 Å². The molecule has 6 rings (SSSR count). The Morgan fingerprint density at radius 1 is 0.571 bits per heavy atom. The van der Waals surface area contributed by atoms with E-state index in [4.69, 9.17) is 0 Å². The van der Waals surface area contributed by atoms with Gasteiger partial charge in [0.2, 0.25) is 0 Å². The standard InChI is InChI=1S/C33H32NP2.C5H5.Fe/c1-34(2)26-25-27-23-24-32(35(28-15-7-3-8-16-28)29-17-9-4-10-18-29)33(27)36(30-19-11-5-12-20-30)31-21-13-6-14-22-31;1-2-4-5-3-1;/h3-24H,25-26H2,1-2H3;1-5H;/q2*-1;+2. The van der Waals surface area contributed by atoms with E-state index >= 15 is 0 Å². The maximum absolute atomic E-state index is 2.44. The van der Waals surface area contributed by atoms with Crippen molar-refractivity contribution in [3.8, 4) is 0 Å². The molecule has 6 aromatic carbocycles. The predicted molar refractivity (Wildman–Crippen MR) is 184 cm³/mol. The Bertz CT molecular complexity index is 1450. The van der Waals surface area contributed by atoms with E-state index < -0.39 is 15.8 Å². The second-order valence-corrected chi connectivity index (χ2v) is 14.5. The topological polar surface area (TPSA) is 3.24 Å². The largest absolute Gasteiger partial charge is 2.00 e. The quantitative estimate of drug-likeness (QED) is 0.102. The molecule has 0 unspecified atom stereocenters. The Kier molecular flexibility index (Phi) is 12.5. The minimum atomic E-state index is -0.697. The minimum absolute atomic E-state index is 0. The third-order valence-electron chi connectivity index (χ3n) is 6.90. The zero-order valence-corrected chi connectivity index (χ0v) is 27.1. The van der Waals surface area contributed by atoms with Crippen molar-refractivity contribution in [2.75, 3.05) is 20.6 Å². The van der Waals surface area contributed by atoms with Gasteiger partial charge in [0.05, 0.1) is 0 Å². The number of nitrogens with zero attached hydrogens (tertiary/aromatic N) is 1. The fourth-order valence-electron chi connectivity index (χ4n) is 4.95. The Morgan fingerprint density at radius 3 is 1.38 bits per heavy atom. The van der Waals surface area contributed by atoms with Crippen LogP contribution in [0.5, 0.6) is 0 Å². The summed E-state index contributed by atoms with van der Waals surface area (Å²) in [5.41, 5.74) is 1.48. The SMILES string of the molecule is CN(C)CCc1cc[c-](P(c2ccccc2)c2ccccc2)c1P(c1ccccc1)c1ccccc1.[Fe+2].c1cc[cH-]c1. The maximum Gasteiger partial charge on any atom is 2.00 e. The molecule has 0 amide bonds. The Balaban J connectivity index is 0.000000612. The van der Waals surface area contributed by atoms with E-state index in [1.807, 2.05) is 30.3 Å². The average molecular weight is 626 g/mol. The van der Waals surface area contributed by atoms with E-state index in [1.165, 1.54) is 32.1 Å². The van der Waals surface area contributed by atoms with E-state index in [9.17, 15) is 0 Å². The first-order chi connectivity index (χ1) is 20.2. The van der Waals surface area contributed by atoms with E-state index in [2.05, 4.69) is 152 Å². The van der Waals surface area contributed by atoms with E-state index in [0.29, 0.717) is 0 Å². The van der Waals surface area contributed by atoms with Crippen LogP contribution in [0.2, 0.25) is 0 Å². The smallest absolute Gasteiger partial charge is 0.310 e. The van der Waals surface area contributed by atoms with Gasteiger partial charge >= 0.3 is 17.1 Å². The van der Waals surface area contributed by atoms with Crippen molar-refractivity contribution in [3.05, 3.63) is 169 Å². The molecule has 0 heterocycles. The Labute approximate surface area is 265 Å². The average Bonchev–Trinajstić information content (AvgIpc) is 3.74. The van der Waals surface area contributed by atoms with Crippen molar-refractivity contribution in [1.82, 2.24) is 4.90 Å². The molecule has 0 atom stereocenters. The normalized spacial score (nSPS) is 10.8. The van der Waals surface area contributed by atoms with Crippen molar-refractivity contribution in [1.29, 1.82) is 0 Å². The van der Waals surface area contributed by atoms with Crippen LogP contribution in [-0.2, 0) is 23.5 Å². The molecule has 0 aromatic heterocycles. The molecule has 0 saturated heterocycles. The van der Waals surface area contributed by atoms with Crippen LogP contribution in [0.25, 0.3) is 0 Å². The van der Waals surface area contributed by atoms with Crippen LogP contribution in [0.1, 0.15) is 5.56 Å². The van der Waals surface area contributed by atoms with Crippen LogP contribution in [0.15, 0.2) is 164 Å². The van der Waals surface area contributed by atoms with Gasteiger partial charge in [-0.15, -0.1) is 10.6 Å². The van der Waals surface area contributed by atoms with Crippen molar-refractivity contribution >= 4 is 47.7 Å². The first-order valence-corrected chi connectivity index (χ1v) is 16.8. The number of hydrogen-bond donors (Lipinski definition) is 0. The first-order valence-electron chi connectivity index (χ1n) is 14.1. The van der Waals surface area contributed by atoms with Gasteiger partial charge in [-0.25, -0.2) is 18.2 Å². The van der Waals surface area contributed by atoms with Gasteiger partial charge in [-0.1, -0.05) is 136 Å². The summed E-state index contributed by atoms with van der Waals surface area (Å²) in [5, 5.41) is 8.67. The summed E-state index contributed by atoms with van der Waals surface area (Å²) in [5.74, 6) is 0. The summed E-state index contributed by atoms with van der Waals surface area (Å²) in [4.78, 5) is 2.29. The molecule has 0 saturated carbocycles. The van der Waals surface area contributed by atoms with E-state index in [1.54, 1.807) is 5.30 Å². The van der Waals surface area contributed by atoms with Crippen molar-refractivity contribution in [2.24, 2.45) is 0 Å². The molecule has 0 aliphatic carbocycles. The second kappa shape index (κ2) is 16.5. The summed E-state index contributed by atoms with van der Waals surface area (Å²) in [6.07, 6.45) is 1.05. The fraction of sp³-hybridized carbons (Fsp3) is 0.105. The summed E-state index contributed by atoms with van der Waals surface area (Å²) >= 11 is 0. The summed E-state index contributed by atoms with van der Waals surface area (Å²) in [6.45, 7) is 1.04. The van der Waals surface area contributed by atoms with Crippen LogP contribution in [0.3, 0.4) is 0 Å². The van der Waals surface area contributed by atoms with E-state index in [0.717, 1.165) is 13.0 Å². The monoisotopic (exact) mass is 625 g/mol. The number of benzene rings is 4. The molecule has 212 valence electrons. The third-order valence-corrected chi connectivity index (χ3v) is 12.2. The van der Waals surface area contributed by atoms with Crippen molar-refractivity contribution < 1.29 is 17.1 Å². The molecule has 0 radical (unpaired) electrons. The molecular weight excluding hydrogens is 588 g/mol. The van der Waals surface area contributed by atoms with Gasteiger partial charge < -0.3 is 4.90 Å². The van der Waals surface area contributed by atoms with Crippen molar-refractivity contribution in [2.45, 2.75) is 6.42 Å². The maximum atomic E-state index is 2.44. The zero-order chi connectivity index (χ0) is 28.3. The summed E-state index contributed by atoms with van der Waals surface area (Å²) < 4.78 is 0. The number of likely N-dealkylation sites (N-methyl/N-ethyl adjacent to an activating group) is 1. The van der Waals surface area contributed by atoms with Gasteiger partial charge in [-0.2, -0.15) is 29.8 Å². The Morgan fingerprint density at radius 2 is 1.00 bits per heavy atom. The van der Waals surface area contributed by atoms with Gasteiger partial charge in [0.25, 0.3) is 0 Å². The molecule has 0 fully saturated rings. The number of hydrogen-bond acceptors (Lipinski definition) is 1. The Hall–Kier alpha value is -3.08. The van der Waals surface area contributed by atoms with Crippen LogP contribution in [0.4, 0.5) is 0 Å². The van der Waals surface area contributed by atoms with Gasteiger partial charge in [-0.3, -0.25) is 0 Å². The predicted octanol–water partition coefficient (Wildman–Crippen LogP) is 6.43. The third kappa shape index (κ3) is 8.26. The van der Waals surface area contributed by atoms with E-state index in [-0.39, 0.29) is 17.1 Å². The van der Waals surface area contributed by atoms with Gasteiger partial charge in [0, 0.05) is 0 Å². The van der Waals surface area contributed by atoms with Crippen LogP contribution >= 0.6 is 15.8 Å². The molecule has 42 heavy (non-hydrogen) atoms. The van der Waals surface area contributed by atoms with Gasteiger partial charge in [0.1, 0.15) is 0 Å². The fourth-order valence-corrected chi connectivity index (χ4v) is 10.5. The first kappa shape index (κ1) is 31.8. The molecule has 0 bridgehead atoms. The second-order valence-electron chi connectivity index (χ2n) is 10.1. The molecule has 0 spiro atoms. The van der Waals surface area contributed by atoms with Crippen LogP contribution in [0, 0.1) is 0 Å². The zero-order valence-electron chi connectivity index (χ0n) is 24.2. The molecule has 4 heteroatoms.